The number of furan rings is 1. The fourth-order valence-corrected chi connectivity index (χ4v) is 5.32. The highest BCUT2D eigenvalue weighted by Crippen LogP contribution is 2.30. The summed E-state index contributed by atoms with van der Waals surface area (Å²) in [7, 11) is 0. The van der Waals surface area contributed by atoms with Crippen LogP contribution >= 0.6 is 0 Å². The molecule has 0 bridgehead atoms. The lowest BCUT2D eigenvalue weighted by Crippen LogP contribution is -2.47. The van der Waals surface area contributed by atoms with Crippen LogP contribution < -0.4 is 20.4 Å². The first kappa shape index (κ1) is 27.2. The second-order valence-electron chi connectivity index (χ2n) is 10.3. The number of nitrogens with one attached hydrogen (secondary N) is 2. The molecule has 2 saturated heterocycles. The van der Waals surface area contributed by atoms with Crippen molar-refractivity contribution < 1.29 is 18.8 Å². The summed E-state index contributed by atoms with van der Waals surface area (Å²) in [5.41, 5.74) is 4.19. The van der Waals surface area contributed by atoms with E-state index in [4.69, 9.17) is 4.42 Å². The normalized spacial score (nSPS) is 15.4. The molecule has 5 rings (SSSR count). The van der Waals surface area contributed by atoms with E-state index >= 15 is 0 Å². The maximum absolute atomic E-state index is 13.0. The van der Waals surface area contributed by atoms with Crippen molar-refractivity contribution in [2.45, 2.75) is 33.1 Å². The van der Waals surface area contributed by atoms with Crippen molar-refractivity contribution in [3.63, 3.8) is 0 Å². The Kier molecular flexibility index (Phi) is 8.33. The van der Waals surface area contributed by atoms with Gasteiger partial charge in [0.15, 0.2) is 5.76 Å². The fourth-order valence-electron chi connectivity index (χ4n) is 5.32. The zero-order valence-corrected chi connectivity index (χ0v) is 23.1. The number of anilines is 3. The third-order valence-electron chi connectivity index (χ3n) is 7.48. The Morgan fingerprint density at radius 1 is 0.950 bits per heavy atom. The Morgan fingerprint density at radius 2 is 1.73 bits per heavy atom. The summed E-state index contributed by atoms with van der Waals surface area (Å²) < 4.78 is 5.53. The largest absolute Gasteiger partial charge is 0.456 e. The molecule has 0 spiro atoms. The van der Waals surface area contributed by atoms with Crippen LogP contribution in [0, 0.1) is 13.8 Å². The molecule has 40 heavy (non-hydrogen) atoms. The van der Waals surface area contributed by atoms with E-state index in [0.717, 1.165) is 50.4 Å². The Morgan fingerprint density at radius 3 is 2.40 bits per heavy atom. The molecule has 0 aliphatic carbocycles. The minimum absolute atomic E-state index is 0.186. The van der Waals surface area contributed by atoms with Gasteiger partial charge in [-0.1, -0.05) is 0 Å². The summed E-state index contributed by atoms with van der Waals surface area (Å²) in [5, 5.41) is 5.92. The smallest absolute Gasteiger partial charge is 0.291 e. The topological polar surface area (TPSA) is 111 Å². The summed E-state index contributed by atoms with van der Waals surface area (Å²) in [4.78, 5) is 48.4. The minimum atomic E-state index is -0.367. The van der Waals surface area contributed by atoms with Crippen molar-refractivity contribution in [3.8, 4) is 0 Å². The van der Waals surface area contributed by atoms with Gasteiger partial charge in [-0.05, 0) is 68.7 Å². The zero-order valence-electron chi connectivity index (χ0n) is 23.1. The number of carbonyl (C=O) groups excluding carboxylic acids is 3. The number of rotatable bonds is 9. The van der Waals surface area contributed by atoms with Crippen LogP contribution in [-0.2, 0) is 4.79 Å². The van der Waals surface area contributed by atoms with Gasteiger partial charge in [-0.15, -0.1) is 0 Å². The summed E-state index contributed by atoms with van der Waals surface area (Å²) in [6.07, 6.45) is 5.90. The van der Waals surface area contributed by atoms with E-state index in [-0.39, 0.29) is 23.5 Å². The maximum atomic E-state index is 13.0. The highest BCUT2D eigenvalue weighted by Gasteiger charge is 2.23. The molecule has 2 aliphatic heterocycles. The van der Waals surface area contributed by atoms with Crippen LogP contribution in [-0.4, -0.2) is 73.4 Å². The van der Waals surface area contributed by atoms with E-state index in [2.05, 4.69) is 32.3 Å². The van der Waals surface area contributed by atoms with Gasteiger partial charge in [0.25, 0.3) is 11.8 Å². The minimum Gasteiger partial charge on any atom is -0.456 e. The summed E-state index contributed by atoms with van der Waals surface area (Å²) in [6.45, 7) is 8.90. The number of hydrogen-bond acceptors (Lipinski definition) is 7. The van der Waals surface area contributed by atoms with Crippen molar-refractivity contribution in [1.29, 1.82) is 0 Å². The van der Waals surface area contributed by atoms with E-state index in [9.17, 15) is 14.4 Å². The van der Waals surface area contributed by atoms with E-state index in [1.165, 1.54) is 5.69 Å². The Hall–Kier alpha value is -4.34. The lowest BCUT2D eigenvalue weighted by molar-refractivity contribution is -0.127. The van der Waals surface area contributed by atoms with E-state index < -0.39 is 0 Å². The molecule has 0 unspecified atom stereocenters. The molecule has 2 aliphatic rings. The van der Waals surface area contributed by atoms with Gasteiger partial charge in [-0.25, -0.2) is 0 Å². The van der Waals surface area contributed by atoms with Gasteiger partial charge in [0.2, 0.25) is 5.91 Å². The third-order valence-corrected chi connectivity index (χ3v) is 7.48. The zero-order chi connectivity index (χ0) is 28.1. The Balaban J connectivity index is 1.28. The van der Waals surface area contributed by atoms with E-state index in [1.54, 1.807) is 31.2 Å². The number of pyridine rings is 1. The second-order valence-corrected chi connectivity index (χ2v) is 10.3. The fraction of sp³-hybridized carbons (Fsp3) is 0.400. The molecule has 2 fully saturated rings. The van der Waals surface area contributed by atoms with Gasteiger partial charge in [0.05, 0.1) is 11.4 Å². The molecule has 1 aromatic carbocycles. The number of likely N-dealkylation sites (tertiary alicyclic amines) is 1. The van der Waals surface area contributed by atoms with E-state index in [1.807, 2.05) is 29.4 Å². The van der Waals surface area contributed by atoms with Gasteiger partial charge in [-0.2, -0.15) is 0 Å². The van der Waals surface area contributed by atoms with Gasteiger partial charge >= 0.3 is 0 Å². The molecule has 210 valence electrons. The molecule has 0 radical (unpaired) electrons. The number of hydrogen-bond donors (Lipinski definition) is 2. The van der Waals surface area contributed by atoms with Crippen molar-refractivity contribution in [2.24, 2.45) is 0 Å². The molecular weight excluding hydrogens is 508 g/mol. The lowest BCUT2D eigenvalue weighted by Gasteiger charge is -2.38. The van der Waals surface area contributed by atoms with Gasteiger partial charge in [0, 0.05) is 75.9 Å². The van der Waals surface area contributed by atoms with Crippen LogP contribution in [0.25, 0.3) is 0 Å². The van der Waals surface area contributed by atoms with Crippen molar-refractivity contribution in [1.82, 2.24) is 15.2 Å². The molecule has 10 heteroatoms. The van der Waals surface area contributed by atoms with Gasteiger partial charge in [-0.3, -0.25) is 19.4 Å². The molecular formula is C30H36N6O4. The summed E-state index contributed by atoms with van der Waals surface area (Å²) >= 11 is 0. The predicted molar refractivity (Wildman–Crippen MR) is 154 cm³/mol. The SMILES string of the molecule is Cc1ccc(C(=O)Nc2cc(C(=O)NCCCN3CCCC3=O)ccc2N2CCN(c3ccncc3C)CC2)o1. The summed E-state index contributed by atoms with van der Waals surface area (Å²) in [5.74, 6) is 0.463. The average molecular weight is 545 g/mol. The van der Waals surface area contributed by atoms with Gasteiger partial charge < -0.3 is 29.8 Å². The number of nitrogens with zero attached hydrogens (tertiary/aromatic N) is 4. The molecule has 0 atom stereocenters. The molecule has 2 aromatic heterocycles. The van der Waals surface area contributed by atoms with Crippen LogP contribution in [0.15, 0.2) is 53.2 Å². The molecule has 4 heterocycles. The number of benzene rings is 1. The average Bonchev–Trinajstić information content (AvgIpc) is 3.59. The monoisotopic (exact) mass is 544 g/mol. The van der Waals surface area contributed by atoms with Crippen LogP contribution in [0.5, 0.6) is 0 Å². The maximum Gasteiger partial charge on any atom is 0.291 e. The molecule has 2 N–H and O–H groups in total. The molecule has 10 nitrogen and oxygen atoms in total. The Labute approximate surface area is 234 Å². The first-order valence-corrected chi connectivity index (χ1v) is 13.9. The third kappa shape index (κ3) is 6.27. The van der Waals surface area contributed by atoms with Crippen LogP contribution in [0.1, 0.15) is 51.5 Å². The van der Waals surface area contributed by atoms with Crippen LogP contribution in [0.3, 0.4) is 0 Å². The number of carbonyl (C=O) groups is 3. The lowest BCUT2D eigenvalue weighted by atomic mass is 10.1. The van der Waals surface area contributed by atoms with Crippen molar-refractivity contribution >= 4 is 34.8 Å². The van der Waals surface area contributed by atoms with Gasteiger partial charge in [0.1, 0.15) is 5.76 Å². The standard InChI is InChI=1S/C30H36N6O4/c1-21-20-31-12-10-25(21)34-15-17-35(18-16-34)26-8-7-23(19-24(26)33-30(39)27-9-6-22(2)40-27)29(38)32-11-4-14-36-13-3-5-28(36)37/h6-10,12,19-20H,3-5,11,13-18H2,1-2H3,(H,32,38)(H,33,39). The number of aryl methyl sites for hydroxylation is 2. The molecule has 0 saturated carbocycles. The van der Waals surface area contributed by atoms with Crippen LogP contribution in [0.2, 0.25) is 0 Å². The first-order chi connectivity index (χ1) is 19.4. The summed E-state index contributed by atoms with van der Waals surface area (Å²) in [6, 6.07) is 10.8. The number of piperazine rings is 1. The first-order valence-electron chi connectivity index (χ1n) is 13.9. The predicted octanol–water partition coefficient (Wildman–Crippen LogP) is 3.61. The van der Waals surface area contributed by atoms with Crippen molar-refractivity contribution in [2.75, 3.05) is 60.9 Å². The van der Waals surface area contributed by atoms with Crippen LogP contribution in [0.4, 0.5) is 17.1 Å². The second kappa shape index (κ2) is 12.2. The number of amides is 3. The quantitative estimate of drug-likeness (QED) is 0.396. The highest BCUT2D eigenvalue weighted by molar-refractivity contribution is 6.05. The van der Waals surface area contributed by atoms with Crippen molar-refractivity contribution in [3.05, 3.63) is 71.4 Å². The molecule has 3 aromatic rings. The number of aromatic nitrogens is 1. The van der Waals surface area contributed by atoms with E-state index in [0.29, 0.717) is 42.9 Å². The molecule has 3 amide bonds. The highest BCUT2D eigenvalue weighted by atomic mass is 16.3. The Bertz CT molecular complexity index is 1380.